The molecule has 1 atom stereocenters. The molecule has 0 aliphatic carbocycles. The van der Waals surface area contributed by atoms with Crippen LogP contribution < -0.4 is 21.6 Å². The predicted molar refractivity (Wildman–Crippen MR) is 124 cm³/mol. The van der Waals surface area contributed by atoms with Crippen molar-refractivity contribution in [2.24, 2.45) is 0 Å². The van der Waals surface area contributed by atoms with Crippen LogP contribution >= 0.6 is 0 Å². The normalized spacial score (nSPS) is 12.4. The molecule has 0 fully saturated rings. The first-order chi connectivity index (χ1) is 14.4. The van der Waals surface area contributed by atoms with Crippen molar-refractivity contribution in [2.75, 3.05) is 30.5 Å². The molecule has 0 bridgehead atoms. The molecule has 2 N–H and O–H groups in total. The maximum absolute atomic E-state index is 13.4. The average molecular weight is 469 g/mol. The van der Waals surface area contributed by atoms with Gasteiger partial charge in [-0.1, -0.05) is 62.6 Å². The van der Waals surface area contributed by atoms with Gasteiger partial charge in [-0.25, -0.2) is 8.42 Å². The van der Waals surface area contributed by atoms with Gasteiger partial charge in [-0.3, -0.25) is 4.31 Å². The van der Waals surface area contributed by atoms with Gasteiger partial charge >= 0.3 is 0 Å². The Kier molecular flexibility index (Phi) is 12.2. The van der Waals surface area contributed by atoms with Gasteiger partial charge in [0.05, 0.1) is 30.2 Å². The third kappa shape index (κ3) is 8.45. The number of sulfonamides is 1. The molecule has 0 radical (unpaired) electrons. The Bertz CT molecular complexity index is 837. The lowest BCUT2D eigenvalue weighted by atomic mass is 10.2. The number of unbranched alkanes of at least 4 members (excludes halogenated alkanes) is 2. The number of nitrogens with zero attached hydrogens (tertiary/aromatic N) is 1. The second kappa shape index (κ2) is 13.7. The van der Waals surface area contributed by atoms with E-state index in [-0.39, 0.29) is 23.8 Å². The number of anilines is 1. The van der Waals surface area contributed by atoms with E-state index in [4.69, 9.17) is 0 Å². The van der Waals surface area contributed by atoms with E-state index in [2.05, 4.69) is 13.8 Å². The number of hydrogen-bond acceptors (Lipinski definition) is 3. The molecule has 0 heterocycles. The first-order valence-electron chi connectivity index (χ1n) is 11.0. The number of rotatable bonds is 13. The molecule has 31 heavy (non-hydrogen) atoms. The third-order valence-electron chi connectivity index (χ3n) is 5.32. The first kappa shape index (κ1) is 27.4. The molecule has 0 saturated carbocycles. The molecule has 7 heteroatoms. The Morgan fingerprint density at radius 1 is 0.935 bits per heavy atom. The minimum Gasteiger partial charge on any atom is -1.00 e. The summed E-state index contributed by atoms with van der Waals surface area (Å²) in [4.78, 5) is 1.58. The fraction of sp³-hybridized carbons (Fsp3) is 0.500. The van der Waals surface area contributed by atoms with Crippen LogP contribution in [0, 0.1) is 6.92 Å². The standard InChI is InChI=1S/C24H36N2O3S.ClH/c1-4-6-17-25(18-7-5-2)19-23(27)20-26(22-11-9-8-10-12-22)30(28,29)24-15-13-21(3)14-16-24;/h8-16,23,27H,4-7,17-20H2,1-3H3;1H. The van der Waals surface area contributed by atoms with Gasteiger partial charge in [-0.15, -0.1) is 0 Å². The van der Waals surface area contributed by atoms with Crippen molar-refractivity contribution in [1.29, 1.82) is 0 Å². The van der Waals surface area contributed by atoms with E-state index in [1.54, 1.807) is 36.4 Å². The average Bonchev–Trinajstić information content (AvgIpc) is 2.74. The summed E-state index contributed by atoms with van der Waals surface area (Å²) in [5, 5.41) is 10.9. The maximum atomic E-state index is 13.4. The number of aryl methyl sites for hydroxylation is 1. The van der Waals surface area contributed by atoms with Crippen molar-refractivity contribution in [3.63, 3.8) is 0 Å². The summed E-state index contributed by atoms with van der Waals surface area (Å²) in [6.07, 6.45) is 3.70. The van der Waals surface area contributed by atoms with Gasteiger partial charge in [-0.05, 0) is 44.0 Å². The lowest BCUT2D eigenvalue weighted by Crippen LogP contribution is -3.13. The minimum atomic E-state index is -3.77. The SMILES string of the molecule is CCCC[NH+](CCCC)CC(O)CN(c1ccccc1)S(=O)(=O)c1ccc(C)cc1.[Cl-]. The number of quaternary nitrogens is 1. The van der Waals surface area contributed by atoms with Crippen LogP contribution in [0.3, 0.4) is 0 Å². The molecule has 0 aliphatic heterocycles. The van der Waals surface area contributed by atoms with Crippen LogP contribution in [0.15, 0.2) is 59.5 Å². The number of benzene rings is 2. The first-order valence-corrected chi connectivity index (χ1v) is 12.5. The van der Waals surface area contributed by atoms with Crippen LogP contribution in [0.5, 0.6) is 0 Å². The summed E-state index contributed by atoms with van der Waals surface area (Å²) < 4.78 is 28.2. The molecule has 0 aromatic heterocycles. The highest BCUT2D eigenvalue weighted by molar-refractivity contribution is 7.92. The summed E-state index contributed by atoms with van der Waals surface area (Å²) in [5.74, 6) is 0. The van der Waals surface area contributed by atoms with Gasteiger partial charge in [0.1, 0.15) is 12.6 Å². The number of hydrogen-bond donors (Lipinski definition) is 2. The molecular formula is C24H37ClN2O3S. The van der Waals surface area contributed by atoms with Crippen molar-refractivity contribution >= 4 is 15.7 Å². The highest BCUT2D eigenvalue weighted by Crippen LogP contribution is 2.24. The van der Waals surface area contributed by atoms with E-state index >= 15 is 0 Å². The van der Waals surface area contributed by atoms with E-state index in [9.17, 15) is 13.5 Å². The lowest BCUT2D eigenvalue weighted by Gasteiger charge is -2.29. The molecule has 174 valence electrons. The Morgan fingerprint density at radius 2 is 1.48 bits per heavy atom. The highest BCUT2D eigenvalue weighted by Gasteiger charge is 2.28. The lowest BCUT2D eigenvalue weighted by molar-refractivity contribution is -0.903. The molecular weight excluding hydrogens is 432 g/mol. The maximum Gasteiger partial charge on any atom is 0.264 e. The number of aliphatic hydroxyl groups is 1. The molecule has 0 spiro atoms. The Balaban J connectivity index is 0.00000480. The zero-order valence-electron chi connectivity index (χ0n) is 18.9. The van der Waals surface area contributed by atoms with E-state index in [1.165, 1.54) is 9.21 Å². The van der Waals surface area contributed by atoms with E-state index in [0.717, 1.165) is 44.3 Å². The third-order valence-corrected chi connectivity index (χ3v) is 7.13. The summed E-state index contributed by atoms with van der Waals surface area (Å²) in [5.41, 5.74) is 1.58. The van der Waals surface area contributed by atoms with Crippen molar-refractivity contribution in [3.8, 4) is 0 Å². The quantitative estimate of drug-likeness (QED) is 0.436. The second-order valence-electron chi connectivity index (χ2n) is 8.00. The van der Waals surface area contributed by atoms with Crippen molar-refractivity contribution in [1.82, 2.24) is 0 Å². The fourth-order valence-electron chi connectivity index (χ4n) is 3.55. The number of para-hydroxylation sites is 1. The zero-order chi connectivity index (χ0) is 22.0. The molecule has 1 unspecified atom stereocenters. The topological polar surface area (TPSA) is 62.1 Å². The number of halogens is 1. The zero-order valence-corrected chi connectivity index (χ0v) is 20.5. The van der Waals surface area contributed by atoms with Gasteiger partial charge in [0.25, 0.3) is 10.0 Å². The second-order valence-corrected chi connectivity index (χ2v) is 9.86. The van der Waals surface area contributed by atoms with E-state index in [1.807, 2.05) is 25.1 Å². The van der Waals surface area contributed by atoms with Gasteiger partial charge in [0.15, 0.2) is 0 Å². The van der Waals surface area contributed by atoms with Crippen LogP contribution in [0.1, 0.15) is 45.1 Å². The summed E-state index contributed by atoms with van der Waals surface area (Å²) in [6.45, 7) is 8.86. The molecule has 2 aromatic rings. The summed E-state index contributed by atoms with van der Waals surface area (Å²) in [7, 11) is -3.77. The van der Waals surface area contributed by atoms with Crippen LogP contribution in [0.2, 0.25) is 0 Å². The molecule has 0 aliphatic rings. The summed E-state index contributed by atoms with van der Waals surface area (Å²) >= 11 is 0. The minimum absolute atomic E-state index is 0. The highest BCUT2D eigenvalue weighted by atomic mass is 35.5. The van der Waals surface area contributed by atoms with Gasteiger partial charge < -0.3 is 22.4 Å². The van der Waals surface area contributed by atoms with E-state index in [0.29, 0.717) is 12.2 Å². The van der Waals surface area contributed by atoms with Crippen LogP contribution in [-0.2, 0) is 10.0 Å². The molecule has 2 aromatic carbocycles. The predicted octanol–water partition coefficient (Wildman–Crippen LogP) is 0.0403. The van der Waals surface area contributed by atoms with E-state index < -0.39 is 16.1 Å². The molecule has 5 nitrogen and oxygen atoms in total. The molecule has 2 rings (SSSR count). The largest absolute Gasteiger partial charge is 1.00 e. The van der Waals surface area contributed by atoms with Gasteiger partial charge in [-0.2, -0.15) is 0 Å². The Labute approximate surface area is 194 Å². The number of aliphatic hydroxyl groups excluding tert-OH is 1. The van der Waals surface area contributed by atoms with Crippen molar-refractivity contribution in [2.45, 2.75) is 57.5 Å². The van der Waals surface area contributed by atoms with Crippen molar-refractivity contribution in [3.05, 3.63) is 60.2 Å². The van der Waals surface area contributed by atoms with Gasteiger partial charge in [0, 0.05) is 0 Å². The monoisotopic (exact) mass is 468 g/mol. The number of nitrogens with one attached hydrogen (secondary N) is 1. The Hall–Kier alpha value is -1.60. The van der Waals surface area contributed by atoms with Crippen molar-refractivity contribution < 1.29 is 30.8 Å². The van der Waals surface area contributed by atoms with Gasteiger partial charge in [0.2, 0.25) is 0 Å². The Morgan fingerprint density at radius 3 is 2.00 bits per heavy atom. The van der Waals surface area contributed by atoms with Crippen LogP contribution in [0.25, 0.3) is 0 Å². The molecule has 0 amide bonds. The molecule has 0 saturated heterocycles. The van der Waals surface area contributed by atoms with Crippen LogP contribution in [-0.4, -0.2) is 45.8 Å². The smallest absolute Gasteiger partial charge is 0.264 e. The van der Waals surface area contributed by atoms with Crippen LogP contribution in [0.4, 0.5) is 5.69 Å². The summed E-state index contributed by atoms with van der Waals surface area (Å²) in [6, 6.07) is 15.9. The fourth-order valence-corrected chi connectivity index (χ4v) is 5.05.